The fraction of sp³-hybridized carbons (Fsp3) is 0.0800. The van der Waals surface area contributed by atoms with Gasteiger partial charge in [-0.05, 0) is 66.2 Å². The molecule has 0 aliphatic rings. The first-order chi connectivity index (χ1) is 15.6. The van der Waals surface area contributed by atoms with E-state index in [9.17, 15) is 4.79 Å². The number of aryl methyl sites for hydroxylation is 1. The van der Waals surface area contributed by atoms with Crippen LogP contribution in [0.1, 0.15) is 22.1 Å². The summed E-state index contributed by atoms with van der Waals surface area (Å²) in [6, 6.07) is 24.7. The maximum absolute atomic E-state index is 12.5. The Morgan fingerprint density at radius 2 is 1.81 bits per heavy atom. The number of H-pyrrole nitrogens is 1. The second kappa shape index (κ2) is 8.39. The van der Waals surface area contributed by atoms with Crippen LogP contribution in [-0.2, 0) is 6.61 Å². The van der Waals surface area contributed by atoms with Crippen molar-refractivity contribution in [2.45, 2.75) is 13.5 Å². The largest absolute Gasteiger partial charge is 0.486 e. The summed E-state index contributed by atoms with van der Waals surface area (Å²) in [5.41, 5.74) is 1.51. The van der Waals surface area contributed by atoms with E-state index in [0.29, 0.717) is 17.3 Å². The van der Waals surface area contributed by atoms with Crippen molar-refractivity contribution < 1.29 is 13.9 Å². The van der Waals surface area contributed by atoms with Gasteiger partial charge in [0.1, 0.15) is 23.9 Å². The number of benzene rings is 3. The van der Waals surface area contributed by atoms with Crippen LogP contribution in [-0.4, -0.2) is 21.1 Å². The molecule has 0 unspecified atom stereocenters. The standard InChI is InChI=1S/C25H20N4O3/c1-16-26-24(29-28-16)18-6-9-20(10-7-18)27-25(30)23-13-12-22(32-23)15-31-21-11-8-17-4-2-3-5-19(17)14-21/h2-14H,15H2,1H3,(H,27,30)(H,26,28,29). The highest BCUT2D eigenvalue weighted by atomic mass is 16.5. The fourth-order valence-electron chi connectivity index (χ4n) is 3.36. The molecule has 7 nitrogen and oxygen atoms in total. The van der Waals surface area contributed by atoms with Crippen LogP contribution in [0, 0.1) is 6.92 Å². The van der Waals surface area contributed by atoms with Gasteiger partial charge in [0.2, 0.25) is 0 Å². The highest BCUT2D eigenvalue weighted by Crippen LogP contribution is 2.22. The molecule has 0 saturated heterocycles. The van der Waals surface area contributed by atoms with Crippen LogP contribution in [0.2, 0.25) is 0 Å². The number of furan rings is 1. The number of anilines is 1. The van der Waals surface area contributed by atoms with E-state index in [0.717, 1.165) is 27.9 Å². The number of rotatable bonds is 6. The van der Waals surface area contributed by atoms with Crippen molar-refractivity contribution in [3.8, 4) is 17.1 Å². The minimum atomic E-state index is -0.330. The second-order valence-corrected chi connectivity index (χ2v) is 7.34. The average molecular weight is 424 g/mol. The third-order valence-electron chi connectivity index (χ3n) is 4.99. The smallest absolute Gasteiger partial charge is 0.291 e. The van der Waals surface area contributed by atoms with Gasteiger partial charge in [-0.25, -0.2) is 4.98 Å². The van der Waals surface area contributed by atoms with Crippen LogP contribution in [0.15, 0.2) is 83.3 Å². The van der Waals surface area contributed by atoms with Crippen LogP contribution < -0.4 is 10.1 Å². The van der Waals surface area contributed by atoms with Gasteiger partial charge in [-0.2, -0.15) is 5.10 Å². The number of carbonyl (C=O) groups excluding carboxylic acids is 1. The summed E-state index contributed by atoms with van der Waals surface area (Å²) < 4.78 is 11.5. The van der Waals surface area contributed by atoms with Crippen LogP contribution >= 0.6 is 0 Å². The first kappa shape index (κ1) is 19.6. The number of fused-ring (bicyclic) bond motifs is 1. The minimum Gasteiger partial charge on any atom is -0.486 e. The summed E-state index contributed by atoms with van der Waals surface area (Å²) >= 11 is 0. The molecule has 0 saturated carbocycles. The molecule has 5 aromatic rings. The zero-order chi connectivity index (χ0) is 21.9. The maximum atomic E-state index is 12.5. The summed E-state index contributed by atoms with van der Waals surface area (Å²) in [7, 11) is 0. The van der Waals surface area contributed by atoms with E-state index >= 15 is 0 Å². The Balaban J connectivity index is 1.20. The van der Waals surface area contributed by atoms with E-state index in [4.69, 9.17) is 9.15 Å². The molecule has 0 bridgehead atoms. The Kier molecular flexibility index (Phi) is 5.13. The van der Waals surface area contributed by atoms with Gasteiger partial charge in [-0.1, -0.05) is 30.3 Å². The number of hydrogen-bond donors (Lipinski definition) is 2. The maximum Gasteiger partial charge on any atom is 0.291 e. The molecular formula is C25H20N4O3. The lowest BCUT2D eigenvalue weighted by Gasteiger charge is -2.06. The lowest BCUT2D eigenvalue weighted by atomic mass is 10.1. The van der Waals surface area contributed by atoms with Gasteiger partial charge in [0.15, 0.2) is 11.6 Å². The van der Waals surface area contributed by atoms with Crippen molar-refractivity contribution in [1.29, 1.82) is 0 Å². The molecule has 0 atom stereocenters. The number of amides is 1. The summed E-state index contributed by atoms with van der Waals surface area (Å²) in [5.74, 6) is 2.56. The van der Waals surface area contributed by atoms with E-state index in [1.165, 1.54) is 0 Å². The van der Waals surface area contributed by atoms with Crippen molar-refractivity contribution in [1.82, 2.24) is 15.2 Å². The van der Waals surface area contributed by atoms with E-state index in [1.807, 2.05) is 55.5 Å². The quantitative estimate of drug-likeness (QED) is 0.383. The molecule has 0 radical (unpaired) electrons. The molecule has 2 heterocycles. The number of aromatic nitrogens is 3. The van der Waals surface area contributed by atoms with Gasteiger partial charge in [0.25, 0.3) is 5.91 Å². The summed E-state index contributed by atoms with van der Waals surface area (Å²) in [5, 5.41) is 12.0. The molecule has 3 aromatic carbocycles. The molecule has 2 aromatic heterocycles. The Labute approximate surface area is 184 Å². The number of aromatic amines is 1. The van der Waals surface area contributed by atoms with Crippen LogP contribution in [0.3, 0.4) is 0 Å². The van der Waals surface area contributed by atoms with Gasteiger partial charge >= 0.3 is 0 Å². The van der Waals surface area contributed by atoms with Crippen molar-refractivity contribution in [2.75, 3.05) is 5.32 Å². The molecule has 0 spiro atoms. The minimum absolute atomic E-state index is 0.218. The zero-order valence-corrected chi connectivity index (χ0v) is 17.3. The van der Waals surface area contributed by atoms with Gasteiger partial charge in [0, 0.05) is 11.3 Å². The number of hydrogen-bond acceptors (Lipinski definition) is 5. The number of nitrogens with one attached hydrogen (secondary N) is 2. The van der Waals surface area contributed by atoms with Crippen molar-refractivity contribution in [3.63, 3.8) is 0 Å². The van der Waals surface area contributed by atoms with Crippen molar-refractivity contribution in [2.24, 2.45) is 0 Å². The molecule has 2 N–H and O–H groups in total. The third kappa shape index (κ3) is 4.22. The Morgan fingerprint density at radius 1 is 1.00 bits per heavy atom. The molecule has 0 fully saturated rings. The highest BCUT2D eigenvalue weighted by Gasteiger charge is 2.13. The molecule has 158 valence electrons. The highest BCUT2D eigenvalue weighted by molar-refractivity contribution is 6.02. The van der Waals surface area contributed by atoms with Gasteiger partial charge in [-0.3, -0.25) is 9.89 Å². The topological polar surface area (TPSA) is 93.0 Å². The molecule has 5 rings (SSSR count). The molecule has 0 aliphatic carbocycles. The average Bonchev–Trinajstić information content (AvgIpc) is 3.47. The van der Waals surface area contributed by atoms with E-state index in [2.05, 4.69) is 26.6 Å². The number of carbonyl (C=O) groups is 1. The van der Waals surface area contributed by atoms with E-state index in [1.54, 1.807) is 24.3 Å². The summed E-state index contributed by atoms with van der Waals surface area (Å²) in [6.45, 7) is 2.08. The summed E-state index contributed by atoms with van der Waals surface area (Å²) in [6.07, 6.45) is 0. The monoisotopic (exact) mass is 424 g/mol. The van der Waals surface area contributed by atoms with E-state index < -0.39 is 0 Å². The lowest BCUT2D eigenvalue weighted by molar-refractivity contribution is 0.0992. The number of nitrogens with zero attached hydrogens (tertiary/aromatic N) is 2. The molecular weight excluding hydrogens is 404 g/mol. The molecule has 7 heteroatoms. The SMILES string of the molecule is Cc1nc(-c2ccc(NC(=O)c3ccc(COc4ccc5ccccc5c4)o3)cc2)n[nH]1. The molecule has 1 amide bonds. The Hall–Kier alpha value is -4.39. The van der Waals surface area contributed by atoms with E-state index in [-0.39, 0.29) is 18.3 Å². The van der Waals surface area contributed by atoms with Crippen LogP contribution in [0.5, 0.6) is 5.75 Å². The first-order valence-corrected chi connectivity index (χ1v) is 10.2. The predicted molar refractivity (Wildman–Crippen MR) is 121 cm³/mol. The Morgan fingerprint density at radius 3 is 2.59 bits per heavy atom. The Bertz CT molecular complexity index is 1390. The van der Waals surface area contributed by atoms with Crippen molar-refractivity contribution >= 4 is 22.4 Å². The number of ether oxygens (including phenoxy) is 1. The van der Waals surface area contributed by atoms with Gasteiger partial charge < -0.3 is 14.5 Å². The normalized spacial score (nSPS) is 10.9. The van der Waals surface area contributed by atoms with Gasteiger partial charge in [-0.15, -0.1) is 0 Å². The second-order valence-electron chi connectivity index (χ2n) is 7.34. The van der Waals surface area contributed by atoms with Crippen LogP contribution in [0.25, 0.3) is 22.2 Å². The molecule has 32 heavy (non-hydrogen) atoms. The predicted octanol–water partition coefficient (Wildman–Crippen LogP) is 5.36. The zero-order valence-electron chi connectivity index (χ0n) is 17.3. The first-order valence-electron chi connectivity index (χ1n) is 10.2. The summed E-state index contributed by atoms with van der Waals surface area (Å²) in [4.78, 5) is 16.8. The van der Waals surface area contributed by atoms with Crippen LogP contribution in [0.4, 0.5) is 5.69 Å². The molecule has 0 aliphatic heterocycles. The lowest BCUT2D eigenvalue weighted by Crippen LogP contribution is -2.10. The fourth-order valence-corrected chi connectivity index (χ4v) is 3.36. The van der Waals surface area contributed by atoms with Gasteiger partial charge in [0.05, 0.1) is 0 Å². The van der Waals surface area contributed by atoms with Crippen molar-refractivity contribution in [3.05, 3.63) is 96.2 Å². The third-order valence-corrected chi connectivity index (χ3v) is 4.99.